The van der Waals surface area contributed by atoms with Crippen LogP contribution in [0.15, 0.2) is 62.9 Å². The van der Waals surface area contributed by atoms with Gasteiger partial charge in [-0.15, -0.1) is 0 Å². The van der Waals surface area contributed by atoms with E-state index < -0.39 is 17.4 Å². The van der Waals surface area contributed by atoms with Crippen LogP contribution >= 0.6 is 0 Å². The number of carbonyl (C=O) groups is 2. The van der Waals surface area contributed by atoms with Gasteiger partial charge in [-0.25, -0.2) is 4.39 Å². The molecule has 136 valence electrons. The van der Waals surface area contributed by atoms with Crippen LogP contribution in [0.25, 0.3) is 28.8 Å². The minimum atomic E-state index is -0.523. The fraction of sp³-hybridized carbons (Fsp3) is 0.0455. The number of nitrogens with zero attached hydrogens (tertiary/aromatic N) is 1. The number of oxazole rings is 1. The van der Waals surface area contributed by atoms with Crippen LogP contribution in [0, 0.1) is 12.7 Å². The van der Waals surface area contributed by atoms with Gasteiger partial charge in [0.05, 0.1) is 5.57 Å². The molecular formula is C22H12FNO4. The summed E-state index contributed by atoms with van der Waals surface area (Å²) in [4.78, 5) is 29.4. The normalized spacial score (nSPS) is 15.0. The highest BCUT2D eigenvalue weighted by molar-refractivity contribution is 6.41. The molecule has 0 radical (unpaired) electrons. The molecule has 0 N–H and O–H groups in total. The number of benzene rings is 2. The first-order valence-electron chi connectivity index (χ1n) is 8.58. The molecule has 0 spiro atoms. The molecule has 6 heteroatoms. The third-order valence-corrected chi connectivity index (χ3v) is 4.69. The van der Waals surface area contributed by atoms with Gasteiger partial charge >= 0.3 is 0 Å². The number of carbonyl (C=O) groups excluding carboxylic acids is 2. The van der Waals surface area contributed by atoms with Gasteiger partial charge in [0.1, 0.15) is 11.6 Å². The summed E-state index contributed by atoms with van der Waals surface area (Å²) >= 11 is 0. The van der Waals surface area contributed by atoms with Crippen LogP contribution in [-0.2, 0) is 0 Å². The average Bonchev–Trinajstić information content (AvgIpc) is 3.31. The van der Waals surface area contributed by atoms with E-state index in [0.29, 0.717) is 17.0 Å². The van der Waals surface area contributed by atoms with E-state index in [4.69, 9.17) is 8.83 Å². The highest BCUT2D eigenvalue weighted by atomic mass is 19.1. The number of rotatable bonds is 2. The van der Waals surface area contributed by atoms with Crippen molar-refractivity contribution in [2.24, 2.45) is 0 Å². The van der Waals surface area contributed by atoms with Crippen molar-refractivity contribution in [2.45, 2.75) is 6.92 Å². The maximum Gasteiger partial charge on any atom is 0.266 e. The molecule has 0 aliphatic heterocycles. The number of Topliss-reactive ketones (excluding diaryl/α,β-unsaturated/α-hetero) is 2. The van der Waals surface area contributed by atoms with Gasteiger partial charge in [0.15, 0.2) is 17.1 Å². The molecule has 2 aromatic carbocycles. The van der Waals surface area contributed by atoms with Crippen LogP contribution < -0.4 is 0 Å². The number of aryl methyl sites for hydroxylation is 1. The zero-order valence-corrected chi connectivity index (χ0v) is 14.7. The predicted molar refractivity (Wildman–Crippen MR) is 99.5 cm³/mol. The Morgan fingerprint density at radius 1 is 0.964 bits per heavy atom. The monoisotopic (exact) mass is 373 g/mol. The van der Waals surface area contributed by atoms with E-state index in [-0.39, 0.29) is 28.2 Å². The molecule has 5 nitrogen and oxygen atoms in total. The molecule has 1 aliphatic rings. The standard InChI is InChI=1S/C22H12FNO4/c1-11-7-14-15(10-17(11)23)20(26)16(19(14)25)8-13-9-18-22(27-13)24-21(28-18)12-5-3-2-4-6-12/h2-10H,1H3/b16-8-. The van der Waals surface area contributed by atoms with E-state index in [1.807, 2.05) is 30.3 Å². The summed E-state index contributed by atoms with van der Waals surface area (Å²) in [6.45, 7) is 1.55. The topological polar surface area (TPSA) is 73.3 Å². The molecule has 0 unspecified atom stereocenters. The first kappa shape index (κ1) is 16.4. The van der Waals surface area contributed by atoms with Crippen LogP contribution in [0.2, 0.25) is 0 Å². The average molecular weight is 373 g/mol. The van der Waals surface area contributed by atoms with Gasteiger partial charge in [0.2, 0.25) is 5.89 Å². The lowest BCUT2D eigenvalue weighted by molar-refractivity contribution is 0.0990. The molecule has 4 aromatic rings. The Kier molecular flexibility index (Phi) is 3.42. The second-order valence-corrected chi connectivity index (χ2v) is 6.57. The van der Waals surface area contributed by atoms with Gasteiger partial charge in [-0.1, -0.05) is 18.2 Å². The van der Waals surface area contributed by atoms with E-state index in [9.17, 15) is 14.0 Å². The van der Waals surface area contributed by atoms with E-state index in [2.05, 4.69) is 4.98 Å². The maximum atomic E-state index is 13.8. The molecule has 28 heavy (non-hydrogen) atoms. The van der Waals surface area contributed by atoms with Crippen molar-refractivity contribution in [1.82, 2.24) is 4.98 Å². The molecule has 2 heterocycles. The van der Waals surface area contributed by atoms with Gasteiger partial charge in [-0.3, -0.25) is 9.59 Å². The largest absolute Gasteiger partial charge is 0.436 e. The second kappa shape index (κ2) is 5.85. The fourth-order valence-corrected chi connectivity index (χ4v) is 3.25. The van der Waals surface area contributed by atoms with Crippen molar-refractivity contribution >= 4 is 28.9 Å². The molecular weight excluding hydrogens is 361 g/mol. The summed E-state index contributed by atoms with van der Waals surface area (Å²) in [5.41, 5.74) is 2.00. The lowest BCUT2D eigenvalue weighted by Crippen LogP contribution is -1.99. The number of allylic oxidation sites excluding steroid dienone is 1. The molecule has 0 saturated carbocycles. The molecule has 0 saturated heterocycles. The Labute approximate surface area is 158 Å². The van der Waals surface area contributed by atoms with Gasteiger partial charge < -0.3 is 8.83 Å². The van der Waals surface area contributed by atoms with E-state index in [1.165, 1.54) is 12.1 Å². The molecule has 5 rings (SSSR count). The number of furan rings is 1. The highest BCUT2D eigenvalue weighted by Gasteiger charge is 2.34. The zero-order chi connectivity index (χ0) is 19.4. The van der Waals surface area contributed by atoms with Crippen molar-refractivity contribution in [3.63, 3.8) is 0 Å². The summed E-state index contributed by atoms with van der Waals surface area (Å²) in [5.74, 6) is -0.810. The Morgan fingerprint density at radius 3 is 2.39 bits per heavy atom. The third kappa shape index (κ3) is 2.42. The summed E-state index contributed by atoms with van der Waals surface area (Å²) in [5, 5.41) is 0. The van der Waals surface area contributed by atoms with E-state index in [1.54, 1.807) is 13.0 Å². The predicted octanol–water partition coefficient (Wildman–Crippen LogP) is 5.00. The summed E-state index contributed by atoms with van der Waals surface area (Å²) in [6.07, 6.45) is 1.34. The molecule has 0 amide bonds. The summed E-state index contributed by atoms with van der Waals surface area (Å²) in [6, 6.07) is 13.4. The minimum Gasteiger partial charge on any atom is -0.436 e. The van der Waals surface area contributed by atoms with E-state index in [0.717, 1.165) is 11.6 Å². The summed E-state index contributed by atoms with van der Waals surface area (Å²) < 4.78 is 25.1. The first-order chi connectivity index (χ1) is 13.5. The smallest absolute Gasteiger partial charge is 0.266 e. The summed E-state index contributed by atoms with van der Waals surface area (Å²) in [7, 11) is 0. The van der Waals surface area contributed by atoms with Crippen LogP contribution in [0.1, 0.15) is 32.0 Å². The second-order valence-electron chi connectivity index (χ2n) is 6.57. The van der Waals surface area contributed by atoms with Gasteiger partial charge in [-0.2, -0.15) is 4.98 Å². The van der Waals surface area contributed by atoms with Gasteiger partial charge in [-0.05, 0) is 42.8 Å². The maximum absolute atomic E-state index is 13.8. The quantitative estimate of drug-likeness (QED) is 0.365. The molecule has 2 aromatic heterocycles. The molecule has 0 bridgehead atoms. The SMILES string of the molecule is Cc1cc2c(cc1F)C(=O)/C(=C\c1cc3oc(-c4ccccc4)nc3o1)C2=O. The van der Waals surface area contributed by atoms with E-state index >= 15 is 0 Å². The van der Waals surface area contributed by atoms with Gasteiger partial charge in [0.25, 0.3) is 5.71 Å². The number of halogens is 1. The first-order valence-corrected chi connectivity index (χ1v) is 8.58. The van der Waals surface area contributed by atoms with Crippen LogP contribution in [0.5, 0.6) is 0 Å². The van der Waals surface area contributed by atoms with Crippen LogP contribution in [-0.4, -0.2) is 16.6 Å². The van der Waals surface area contributed by atoms with Crippen LogP contribution in [0.3, 0.4) is 0 Å². The number of aromatic nitrogens is 1. The van der Waals surface area contributed by atoms with Crippen molar-refractivity contribution in [3.8, 4) is 11.5 Å². The number of hydrogen-bond donors (Lipinski definition) is 0. The van der Waals surface area contributed by atoms with Crippen molar-refractivity contribution in [3.05, 3.63) is 82.4 Å². The van der Waals surface area contributed by atoms with Crippen molar-refractivity contribution in [1.29, 1.82) is 0 Å². The Hall–Kier alpha value is -3.80. The van der Waals surface area contributed by atoms with Crippen LogP contribution in [0.4, 0.5) is 4.39 Å². The van der Waals surface area contributed by atoms with Crippen molar-refractivity contribution < 1.29 is 22.8 Å². The molecule has 1 aliphatic carbocycles. The van der Waals surface area contributed by atoms with Gasteiger partial charge in [0, 0.05) is 22.8 Å². The Bertz CT molecular complexity index is 1240. The minimum absolute atomic E-state index is 0.0686. The lowest BCUT2D eigenvalue weighted by Gasteiger charge is -1.98. The van der Waals surface area contributed by atoms with Crippen molar-refractivity contribution in [2.75, 3.05) is 0 Å². The Balaban J connectivity index is 1.53. The zero-order valence-electron chi connectivity index (χ0n) is 14.7. The fourth-order valence-electron chi connectivity index (χ4n) is 3.25. The third-order valence-electron chi connectivity index (χ3n) is 4.69. The molecule has 0 atom stereocenters. The highest BCUT2D eigenvalue weighted by Crippen LogP contribution is 2.32. The molecule has 0 fully saturated rings. The Morgan fingerprint density at radius 2 is 1.68 bits per heavy atom. The number of ketones is 2. The number of hydrogen-bond acceptors (Lipinski definition) is 5. The number of fused-ring (bicyclic) bond motifs is 2. The lowest BCUT2D eigenvalue weighted by atomic mass is 10.1.